The smallest absolute Gasteiger partial charge is 0.233 e. The molecule has 1 aliphatic heterocycles. The summed E-state index contributed by atoms with van der Waals surface area (Å²) in [6.07, 6.45) is 5.90. The SMILES string of the molecule is CN=C(NCCCN1C(=O)C2C3C=CC(C3)C2C1=O)NCCc1c(F)cccc1F. The van der Waals surface area contributed by atoms with Gasteiger partial charge in [-0.3, -0.25) is 19.5 Å². The molecule has 2 bridgehead atoms. The number of hydrogen-bond donors (Lipinski definition) is 2. The van der Waals surface area contributed by atoms with Gasteiger partial charge < -0.3 is 10.6 Å². The number of nitrogens with zero attached hydrogens (tertiary/aromatic N) is 2. The van der Waals surface area contributed by atoms with E-state index >= 15 is 0 Å². The predicted molar refractivity (Wildman–Crippen MR) is 108 cm³/mol. The summed E-state index contributed by atoms with van der Waals surface area (Å²) in [5.74, 6) is -0.551. The lowest BCUT2D eigenvalue weighted by atomic mass is 9.85. The second-order valence-corrected chi connectivity index (χ2v) is 8.06. The Hall–Kier alpha value is -2.77. The number of nitrogens with one attached hydrogen (secondary N) is 2. The number of carbonyl (C=O) groups is 2. The van der Waals surface area contributed by atoms with Crippen LogP contribution >= 0.6 is 0 Å². The Labute approximate surface area is 174 Å². The van der Waals surface area contributed by atoms with Crippen LogP contribution in [0.1, 0.15) is 18.4 Å². The number of allylic oxidation sites excluding steroid dienone is 2. The van der Waals surface area contributed by atoms with Crippen molar-refractivity contribution in [3.05, 3.63) is 47.5 Å². The van der Waals surface area contributed by atoms with Crippen molar-refractivity contribution in [2.75, 3.05) is 26.7 Å². The number of hydrogen-bond acceptors (Lipinski definition) is 3. The molecule has 0 spiro atoms. The maximum absolute atomic E-state index is 13.7. The molecule has 1 aromatic rings. The Balaban J connectivity index is 1.20. The Morgan fingerprint density at radius 2 is 1.67 bits per heavy atom. The van der Waals surface area contributed by atoms with Crippen molar-refractivity contribution in [2.45, 2.75) is 19.3 Å². The Morgan fingerprint density at radius 3 is 2.27 bits per heavy atom. The normalized spacial score (nSPS) is 27.2. The lowest BCUT2D eigenvalue weighted by Crippen LogP contribution is -2.40. The van der Waals surface area contributed by atoms with E-state index in [4.69, 9.17) is 0 Å². The standard InChI is InChI=1S/C22H26F2N4O2/c1-25-22(27-10-8-15-16(23)4-2-5-17(15)24)26-9-3-11-28-20(29)18-13-6-7-14(12-13)19(18)21(28)30/h2,4-7,13-14,18-19H,3,8-12H2,1H3,(H2,25,26,27). The summed E-state index contributed by atoms with van der Waals surface area (Å²) in [6, 6.07) is 3.82. The second-order valence-electron chi connectivity index (χ2n) is 8.06. The van der Waals surface area contributed by atoms with Crippen molar-refractivity contribution in [3.8, 4) is 0 Å². The van der Waals surface area contributed by atoms with Crippen LogP contribution in [0.25, 0.3) is 0 Å². The average Bonchev–Trinajstić information content (AvgIpc) is 3.41. The molecule has 0 aromatic heterocycles. The predicted octanol–water partition coefficient (Wildman–Crippen LogP) is 1.87. The molecule has 2 aliphatic carbocycles. The van der Waals surface area contributed by atoms with Gasteiger partial charge in [-0.15, -0.1) is 0 Å². The van der Waals surface area contributed by atoms with Crippen LogP contribution in [0.2, 0.25) is 0 Å². The number of imide groups is 1. The number of carbonyl (C=O) groups excluding carboxylic acids is 2. The summed E-state index contributed by atoms with van der Waals surface area (Å²) in [6.45, 7) is 1.22. The summed E-state index contributed by atoms with van der Waals surface area (Å²) in [5.41, 5.74) is 0.0421. The average molecular weight is 416 g/mol. The maximum atomic E-state index is 13.7. The number of halogens is 2. The number of aliphatic imine (C=N–C) groups is 1. The van der Waals surface area contributed by atoms with Gasteiger partial charge in [0.05, 0.1) is 11.8 Å². The Kier molecular flexibility index (Phi) is 5.83. The van der Waals surface area contributed by atoms with Gasteiger partial charge in [-0.2, -0.15) is 0 Å². The first-order valence-corrected chi connectivity index (χ1v) is 10.4. The Bertz CT molecular complexity index is 851. The van der Waals surface area contributed by atoms with E-state index < -0.39 is 11.6 Å². The van der Waals surface area contributed by atoms with Crippen LogP contribution < -0.4 is 10.6 Å². The molecule has 1 heterocycles. The lowest BCUT2D eigenvalue weighted by Gasteiger charge is -2.18. The van der Waals surface area contributed by atoms with Crippen molar-refractivity contribution in [1.82, 2.24) is 15.5 Å². The molecule has 4 rings (SSSR count). The highest BCUT2D eigenvalue weighted by Crippen LogP contribution is 2.52. The third-order valence-corrected chi connectivity index (χ3v) is 6.37. The van der Waals surface area contributed by atoms with Gasteiger partial charge in [0.15, 0.2) is 5.96 Å². The third-order valence-electron chi connectivity index (χ3n) is 6.37. The van der Waals surface area contributed by atoms with Gasteiger partial charge in [-0.1, -0.05) is 18.2 Å². The van der Waals surface area contributed by atoms with E-state index in [1.54, 1.807) is 7.05 Å². The van der Waals surface area contributed by atoms with E-state index in [9.17, 15) is 18.4 Å². The van der Waals surface area contributed by atoms with Gasteiger partial charge in [0, 0.05) is 32.2 Å². The summed E-state index contributed by atoms with van der Waals surface area (Å²) >= 11 is 0. The zero-order chi connectivity index (χ0) is 21.3. The first-order valence-electron chi connectivity index (χ1n) is 10.4. The minimum atomic E-state index is -0.562. The van der Waals surface area contributed by atoms with Crippen molar-refractivity contribution < 1.29 is 18.4 Å². The minimum absolute atomic E-state index is 0.0312. The fraction of sp³-hybridized carbons (Fsp3) is 0.500. The van der Waals surface area contributed by atoms with Crippen molar-refractivity contribution >= 4 is 17.8 Å². The topological polar surface area (TPSA) is 73.8 Å². The highest BCUT2D eigenvalue weighted by atomic mass is 19.1. The fourth-order valence-corrected chi connectivity index (χ4v) is 4.93. The molecule has 1 saturated carbocycles. The maximum Gasteiger partial charge on any atom is 0.233 e. The quantitative estimate of drug-likeness (QED) is 0.234. The number of rotatable bonds is 7. The van der Waals surface area contributed by atoms with Gasteiger partial charge in [-0.05, 0) is 43.2 Å². The van der Waals surface area contributed by atoms with E-state index in [1.807, 2.05) is 0 Å². The largest absolute Gasteiger partial charge is 0.356 e. The first-order chi connectivity index (χ1) is 14.5. The van der Waals surface area contributed by atoms with Crippen LogP contribution in [0, 0.1) is 35.3 Å². The summed E-state index contributed by atoms with van der Waals surface area (Å²) in [4.78, 5) is 30.8. The van der Waals surface area contributed by atoms with Gasteiger partial charge in [0.1, 0.15) is 11.6 Å². The van der Waals surface area contributed by atoms with Crippen LogP contribution in [-0.4, -0.2) is 49.4 Å². The van der Waals surface area contributed by atoms with Crippen LogP contribution in [0.4, 0.5) is 8.78 Å². The van der Waals surface area contributed by atoms with E-state index in [2.05, 4.69) is 27.8 Å². The summed E-state index contributed by atoms with van der Waals surface area (Å²) in [7, 11) is 1.61. The monoisotopic (exact) mass is 416 g/mol. The van der Waals surface area contributed by atoms with E-state index in [1.165, 1.54) is 23.1 Å². The summed E-state index contributed by atoms with van der Waals surface area (Å²) in [5, 5.41) is 6.13. The minimum Gasteiger partial charge on any atom is -0.356 e. The van der Waals surface area contributed by atoms with E-state index in [0.717, 1.165) is 6.42 Å². The molecule has 2 amide bonds. The molecule has 3 aliphatic rings. The molecule has 4 atom stereocenters. The van der Waals surface area contributed by atoms with Crippen LogP contribution in [0.15, 0.2) is 35.3 Å². The summed E-state index contributed by atoms with van der Waals surface area (Å²) < 4.78 is 27.4. The molecule has 30 heavy (non-hydrogen) atoms. The molecule has 160 valence electrons. The van der Waals surface area contributed by atoms with Gasteiger partial charge in [-0.25, -0.2) is 8.78 Å². The molecule has 0 radical (unpaired) electrons. The van der Waals surface area contributed by atoms with Gasteiger partial charge in [0.25, 0.3) is 0 Å². The number of fused-ring (bicyclic) bond motifs is 5. The molecule has 8 heteroatoms. The molecule has 1 aromatic carbocycles. The van der Waals surface area contributed by atoms with Crippen molar-refractivity contribution in [2.24, 2.45) is 28.7 Å². The van der Waals surface area contributed by atoms with Crippen molar-refractivity contribution in [1.29, 1.82) is 0 Å². The van der Waals surface area contributed by atoms with Gasteiger partial charge in [0.2, 0.25) is 11.8 Å². The molecule has 2 N–H and O–H groups in total. The van der Waals surface area contributed by atoms with E-state index in [-0.39, 0.29) is 47.5 Å². The highest BCUT2D eigenvalue weighted by Gasteiger charge is 2.58. The molecule has 1 saturated heterocycles. The molecule has 4 unspecified atom stereocenters. The van der Waals surface area contributed by atoms with E-state index in [0.29, 0.717) is 32.0 Å². The zero-order valence-corrected chi connectivity index (χ0v) is 16.9. The van der Waals surface area contributed by atoms with Crippen LogP contribution in [0.5, 0.6) is 0 Å². The molecular weight excluding hydrogens is 390 g/mol. The number of benzene rings is 1. The zero-order valence-electron chi connectivity index (χ0n) is 16.9. The second kappa shape index (κ2) is 8.53. The van der Waals surface area contributed by atoms with Crippen LogP contribution in [0.3, 0.4) is 0 Å². The molecular formula is C22H26F2N4O2. The fourth-order valence-electron chi connectivity index (χ4n) is 4.93. The number of likely N-dealkylation sites (tertiary alicyclic amines) is 1. The van der Waals surface area contributed by atoms with Gasteiger partial charge >= 0.3 is 0 Å². The number of guanidine groups is 1. The molecule has 2 fully saturated rings. The molecule has 6 nitrogen and oxygen atoms in total. The van der Waals surface area contributed by atoms with Crippen molar-refractivity contribution in [3.63, 3.8) is 0 Å². The lowest BCUT2D eigenvalue weighted by molar-refractivity contribution is -0.140. The highest BCUT2D eigenvalue weighted by molar-refractivity contribution is 6.06. The van der Waals surface area contributed by atoms with Crippen LogP contribution in [-0.2, 0) is 16.0 Å². The number of amides is 2. The Morgan fingerprint density at radius 1 is 1.07 bits per heavy atom. The first kappa shape index (κ1) is 20.5. The third kappa shape index (κ3) is 3.70.